The molecule has 5 rings (SSSR count). The number of fused-ring (bicyclic) bond motifs is 3. The molecule has 2 saturated heterocycles. The molecule has 0 radical (unpaired) electrons. The van der Waals surface area contributed by atoms with Crippen molar-refractivity contribution in [3.8, 4) is 5.75 Å². The van der Waals surface area contributed by atoms with Crippen LogP contribution in [0.4, 0.5) is 0 Å². The van der Waals surface area contributed by atoms with Crippen molar-refractivity contribution in [3.05, 3.63) is 47.5 Å². The van der Waals surface area contributed by atoms with Crippen molar-refractivity contribution in [2.45, 2.75) is 31.2 Å². The molecule has 1 N–H and O–H groups in total. The molecule has 2 fully saturated rings. The van der Waals surface area contributed by atoms with E-state index < -0.39 is 0 Å². The number of ether oxygens (including phenoxy) is 2. The van der Waals surface area contributed by atoms with Crippen LogP contribution in [0.3, 0.4) is 0 Å². The number of nitrogens with one attached hydrogen (secondary N) is 1. The molecule has 0 amide bonds. The Balaban J connectivity index is 1.27. The average molecular weight is 383 g/mol. The predicted octanol–water partition coefficient (Wildman–Crippen LogP) is 2.79. The first-order chi connectivity index (χ1) is 13.9. The zero-order chi connectivity index (χ0) is 18.8. The Hall–Kier alpha value is -1.89. The Morgan fingerprint density at radius 1 is 1.18 bits per heavy atom. The SMILES string of the molecule is c1ncc([C@H]2CN3CCC[C@H]3c3cc(OCCCN4CCOCC4)ccc32)[nH]1. The lowest BCUT2D eigenvalue weighted by molar-refractivity contribution is 0.0358. The highest BCUT2D eigenvalue weighted by atomic mass is 16.5. The van der Waals surface area contributed by atoms with Gasteiger partial charge in [0.15, 0.2) is 0 Å². The molecule has 3 aliphatic heterocycles. The number of rotatable bonds is 6. The second-order valence-corrected chi connectivity index (χ2v) is 8.16. The van der Waals surface area contributed by atoms with Crippen LogP contribution in [0, 0.1) is 0 Å². The van der Waals surface area contributed by atoms with Gasteiger partial charge >= 0.3 is 0 Å². The lowest BCUT2D eigenvalue weighted by Crippen LogP contribution is -2.37. The Labute approximate surface area is 166 Å². The van der Waals surface area contributed by atoms with E-state index in [9.17, 15) is 0 Å². The van der Waals surface area contributed by atoms with Gasteiger partial charge in [-0.2, -0.15) is 0 Å². The van der Waals surface area contributed by atoms with Crippen molar-refractivity contribution in [2.75, 3.05) is 52.5 Å². The molecular weight excluding hydrogens is 352 g/mol. The van der Waals surface area contributed by atoms with Gasteiger partial charge in [-0.15, -0.1) is 0 Å². The van der Waals surface area contributed by atoms with E-state index in [-0.39, 0.29) is 0 Å². The van der Waals surface area contributed by atoms with Crippen molar-refractivity contribution < 1.29 is 9.47 Å². The number of hydrogen-bond acceptors (Lipinski definition) is 5. The molecule has 3 aliphatic rings. The van der Waals surface area contributed by atoms with Gasteiger partial charge < -0.3 is 14.5 Å². The highest BCUT2D eigenvalue weighted by Gasteiger charge is 2.37. The second-order valence-electron chi connectivity index (χ2n) is 8.16. The molecule has 4 heterocycles. The fourth-order valence-corrected chi connectivity index (χ4v) is 5.00. The molecule has 6 nitrogen and oxygen atoms in total. The van der Waals surface area contributed by atoms with Crippen LogP contribution in [0.5, 0.6) is 5.75 Å². The van der Waals surface area contributed by atoms with Gasteiger partial charge in [0.05, 0.1) is 26.1 Å². The maximum Gasteiger partial charge on any atom is 0.119 e. The molecule has 2 atom stereocenters. The van der Waals surface area contributed by atoms with E-state index in [1.807, 2.05) is 6.20 Å². The van der Waals surface area contributed by atoms with Crippen LogP contribution in [0.15, 0.2) is 30.7 Å². The summed E-state index contributed by atoms with van der Waals surface area (Å²) in [5.41, 5.74) is 4.10. The summed E-state index contributed by atoms with van der Waals surface area (Å²) in [7, 11) is 0. The Morgan fingerprint density at radius 2 is 2.11 bits per heavy atom. The minimum absolute atomic E-state index is 0.377. The summed E-state index contributed by atoms with van der Waals surface area (Å²) in [6, 6.07) is 7.29. The van der Waals surface area contributed by atoms with Crippen molar-refractivity contribution in [1.29, 1.82) is 0 Å². The highest BCUT2D eigenvalue weighted by molar-refractivity contribution is 5.45. The average Bonchev–Trinajstić information content (AvgIpc) is 3.43. The summed E-state index contributed by atoms with van der Waals surface area (Å²) in [6.07, 6.45) is 7.36. The summed E-state index contributed by atoms with van der Waals surface area (Å²) < 4.78 is 11.6. The summed E-state index contributed by atoms with van der Waals surface area (Å²) >= 11 is 0. The smallest absolute Gasteiger partial charge is 0.119 e. The van der Waals surface area contributed by atoms with Gasteiger partial charge in [-0.05, 0) is 49.1 Å². The van der Waals surface area contributed by atoms with Gasteiger partial charge in [-0.3, -0.25) is 9.80 Å². The summed E-state index contributed by atoms with van der Waals surface area (Å²) in [6.45, 7) is 7.96. The quantitative estimate of drug-likeness (QED) is 0.779. The van der Waals surface area contributed by atoms with Crippen LogP contribution in [-0.2, 0) is 4.74 Å². The Bertz CT molecular complexity index is 773. The first kappa shape index (κ1) is 18.2. The topological polar surface area (TPSA) is 53.6 Å². The van der Waals surface area contributed by atoms with Crippen molar-refractivity contribution in [2.24, 2.45) is 0 Å². The maximum atomic E-state index is 6.14. The minimum Gasteiger partial charge on any atom is -0.494 e. The number of benzene rings is 1. The molecule has 6 heteroatoms. The summed E-state index contributed by atoms with van der Waals surface area (Å²) in [5, 5.41) is 0. The number of imidazole rings is 1. The van der Waals surface area contributed by atoms with Crippen LogP contribution in [0.1, 0.15) is 48.0 Å². The third kappa shape index (κ3) is 3.69. The number of H-pyrrole nitrogens is 1. The largest absolute Gasteiger partial charge is 0.494 e. The van der Waals surface area contributed by atoms with E-state index in [0.29, 0.717) is 12.0 Å². The molecule has 0 bridgehead atoms. The molecule has 0 aliphatic carbocycles. The zero-order valence-electron chi connectivity index (χ0n) is 16.5. The first-order valence-corrected chi connectivity index (χ1v) is 10.7. The van der Waals surface area contributed by atoms with Crippen LogP contribution < -0.4 is 4.74 Å². The van der Waals surface area contributed by atoms with Crippen LogP contribution in [-0.4, -0.2) is 72.3 Å². The number of hydrogen-bond donors (Lipinski definition) is 1. The lowest BCUT2D eigenvalue weighted by Gasteiger charge is -2.37. The summed E-state index contributed by atoms with van der Waals surface area (Å²) in [4.78, 5) is 12.7. The predicted molar refractivity (Wildman–Crippen MR) is 108 cm³/mol. The van der Waals surface area contributed by atoms with Gasteiger partial charge in [-0.1, -0.05) is 6.07 Å². The van der Waals surface area contributed by atoms with Crippen LogP contribution in [0.25, 0.3) is 0 Å². The Kier molecular flexibility index (Phi) is 5.34. The normalized spacial score (nSPS) is 25.4. The van der Waals surface area contributed by atoms with E-state index in [2.05, 4.69) is 38.0 Å². The maximum absolute atomic E-state index is 6.14. The lowest BCUT2D eigenvalue weighted by atomic mass is 9.84. The third-order valence-corrected chi connectivity index (χ3v) is 6.46. The van der Waals surface area contributed by atoms with E-state index in [0.717, 1.165) is 58.2 Å². The second kappa shape index (κ2) is 8.23. The van der Waals surface area contributed by atoms with Crippen molar-refractivity contribution in [3.63, 3.8) is 0 Å². The van der Waals surface area contributed by atoms with Crippen LogP contribution in [0.2, 0.25) is 0 Å². The molecule has 2 aromatic rings. The molecular formula is C22H30N4O2. The number of morpholine rings is 1. The fraction of sp³-hybridized carbons (Fsp3) is 0.591. The number of aromatic amines is 1. The van der Waals surface area contributed by atoms with Crippen LogP contribution >= 0.6 is 0 Å². The molecule has 1 aromatic carbocycles. The van der Waals surface area contributed by atoms with E-state index in [1.54, 1.807) is 6.33 Å². The molecule has 28 heavy (non-hydrogen) atoms. The number of aromatic nitrogens is 2. The van der Waals surface area contributed by atoms with Gasteiger partial charge in [0.1, 0.15) is 5.75 Å². The van der Waals surface area contributed by atoms with E-state index in [4.69, 9.17) is 9.47 Å². The molecule has 150 valence electrons. The zero-order valence-corrected chi connectivity index (χ0v) is 16.5. The van der Waals surface area contributed by atoms with E-state index in [1.165, 1.54) is 36.2 Å². The standard InChI is InChI=1S/C22H30N4O2/c1-3-22-19-13-17(28-10-2-6-25-8-11-27-12-9-25)4-5-18(19)20(15-26(22)7-1)21-14-23-16-24-21/h4-5,13-14,16,20,22H,1-3,6-12,15H2,(H,23,24)/t20-,22-/m0/s1. The minimum atomic E-state index is 0.377. The van der Waals surface area contributed by atoms with Gasteiger partial charge in [0, 0.05) is 50.0 Å². The van der Waals surface area contributed by atoms with Crippen molar-refractivity contribution >= 4 is 0 Å². The monoisotopic (exact) mass is 382 g/mol. The first-order valence-electron chi connectivity index (χ1n) is 10.7. The third-order valence-electron chi connectivity index (χ3n) is 6.46. The molecule has 1 aromatic heterocycles. The fourth-order valence-electron chi connectivity index (χ4n) is 5.00. The molecule has 0 saturated carbocycles. The van der Waals surface area contributed by atoms with Gasteiger partial charge in [-0.25, -0.2) is 4.98 Å². The van der Waals surface area contributed by atoms with Gasteiger partial charge in [0.2, 0.25) is 0 Å². The Morgan fingerprint density at radius 3 is 2.96 bits per heavy atom. The summed E-state index contributed by atoms with van der Waals surface area (Å²) in [5.74, 6) is 1.39. The van der Waals surface area contributed by atoms with Gasteiger partial charge in [0.25, 0.3) is 0 Å². The molecule has 0 unspecified atom stereocenters. The van der Waals surface area contributed by atoms with E-state index >= 15 is 0 Å². The van der Waals surface area contributed by atoms with Crippen molar-refractivity contribution in [1.82, 2.24) is 19.8 Å². The molecule has 0 spiro atoms. The number of nitrogens with zero attached hydrogens (tertiary/aromatic N) is 3. The highest BCUT2D eigenvalue weighted by Crippen LogP contribution is 2.44.